The molecule has 0 fully saturated rings. The zero-order chi connectivity index (χ0) is 11.1. The number of benzene rings is 1. The van der Waals surface area contributed by atoms with Crippen molar-refractivity contribution in [3.05, 3.63) is 23.8 Å². The van der Waals surface area contributed by atoms with Crippen LogP contribution in [-0.2, 0) is 0 Å². The second-order valence-electron chi connectivity index (χ2n) is 3.42. The van der Waals surface area contributed by atoms with E-state index >= 15 is 0 Å². The highest BCUT2D eigenvalue weighted by Gasteiger charge is 1.97. The van der Waals surface area contributed by atoms with Crippen molar-refractivity contribution in [2.45, 2.75) is 20.3 Å². The predicted octanol–water partition coefficient (Wildman–Crippen LogP) is 3.10. The topological polar surface area (TPSA) is 35.2 Å². The van der Waals surface area contributed by atoms with E-state index in [0.717, 1.165) is 30.0 Å². The van der Waals surface area contributed by atoms with Crippen LogP contribution in [0.25, 0.3) is 0 Å². The lowest BCUT2D eigenvalue weighted by molar-refractivity contribution is 0.318. The number of anilines is 1. The molecule has 0 aromatic heterocycles. The van der Waals surface area contributed by atoms with Crippen LogP contribution in [0, 0.1) is 6.92 Å². The van der Waals surface area contributed by atoms with Crippen molar-refractivity contribution >= 4 is 17.4 Å². The molecule has 0 amide bonds. The van der Waals surface area contributed by atoms with Crippen molar-refractivity contribution < 1.29 is 4.74 Å². The number of aryl methyl sites for hydroxylation is 1. The van der Waals surface area contributed by atoms with Gasteiger partial charge in [-0.1, -0.05) is 6.92 Å². The van der Waals surface area contributed by atoms with Crippen molar-refractivity contribution in [2.24, 2.45) is 0 Å². The molecule has 1 aromatic rings. The molecule has 2 nitrogen and oxygen atoms in total. The molecule has 1 aromatic carbocycles. The van der Waals surface area contributed by atoms with E-state index in [9.17, 15) is 0 Å². The summed E-state index contributed by atoms with van der Waals surface area (Å²) in [6.07, 6.45) is 1.10. The lowest BCUT2D eigenvalue weighted by Crippen LogP contribution is -1.99. The van der Waals surface area contributed by atoms with Gasteiger partial charge in [-0.15, -0.1) is 0 Å². The SMILES string of the molecule is CCSCCCOc1ccc(N)c(C)c1. The standard InChI is InChI=1S/C12H19NOS/c1-3-15-8-4-7-14-11-5-6-12(13)10(2)9-11/h5-6,9H,3-4,7-8,13H2,1-2H3. The maximum Gasteiger partial charge on any atom is 0.119 e. The second-order valence-corrected chi connectivity index (χ2v) is 4.81. The summed E-state index contributed by atoms with van der Waals surface area (Å²) in [6, 6.07) is 5.81. The quantitative estimate of drug-likeness (QED) is 0.597. The van der Waals surface area contributed by atoms with E-state index in [1.165, 1.54) is 11.5 Å². The van der Waals surface area contributed by atoms with Crippen molar-refractivity contribution in [2.75, 3.05) is 23.8 Å². The summed E-state index contributed by atoms with van der Waals surface area (Å²) >= 11 is 1.95. The van der Waals surface area contributed by atoms with Crippen LogP contribution >= 0.6 is 11.8 Å². The smallest absolute Gasteiger partial charge is 0.119 e. The monoisotopic (exact) mass is 225 g/mol. The second kappa shape index (κ2) is 6.62. The zero-order valence-electron chi connectivity index (χ0n) is 9.45. The Morgan fingerprint density at radius 2 is 2.20 bits per heavy atom. The number of nitrogen functional groups attached to an aromatic ring is 1. The molecule has 0 aliphatic rings. The summed E-state index contributed by atoms with van der Waals surface area (Å²) < 4.78 is 5.62. The summed E-state index contributed by atoms with van der Waals surface area (Å²) in [5.74, 6) is 3.27. The molecule has 0 unspecified atom stereocenters. The number of nitrogens with two attached hydrogens (primary N) is 1. The Balaban J connectivity index is 2.28. The van der Waals surface area contributed by atoms with Crippen LogP contribution in [0.5, 0.6) is 5.75 Å². The van der Waals surface area contributed by atoms with Gasteiger partial charge in [0.2, 0.25) is 0 Å². The van der Waals surface area contributed by atoms with Gasteiger partial charge in [0.15, 0.2) is 0 Å². The fourth-order valence-corrected chi connectivity index (χ4v) is 1.84. The van der Waals surface area contributed by atoms with Gasteiger partial charge in [-0.2, -0.15) is 11.8 Å². The molecule has 0 heterocycles. The Labute approximate surface area is 96.2 Å². The average molecular weight is 225 g/mol. The van der Waals surface area contributed by atoms with Crippen molar-refractivity contribution in [3.8, 4) is 5.75 Å². The van der Waals surface area contributed by atoms with Crippen LogP contribution in [0.2, 0.25) is 0 Å². The molecule has 0 aliphatic heterocycles. The van der Waals surface area contributed by atoms with Crippen LogP contribution in [0.3, 0.4) is 0 Å². The van der Waals surface area contributed by atoms with Crippen LogP contribution in [0.4, 0.5) is 5.69 Å². The number of hydrogen-bond donors (Lipinski definition) is 1. The number of thioether (sulfide) groups is 1. The van der Waals surface area contributed by atoms with Crippen LogP contribution in [0.15, 0.2) is 18.2 Å². The highest BCUT2D eigenvalue weighted by Crippen LogP contribution is 2.18. The molecule has 0 atom stereocenters. The predicted molar refractivity (Wildman–Crippen MR) is 68.7 cm³/mol. The summed E-state index contributed by atoms with van der Waals surface area (Å²) in [5.41, 5.74) is 7.63. The number of hydrogen-bond acceptors (Lipinski definition) is 3. The van der Waals surface area contributed by atoms with E-state index in [4.69, 9.17) is 10.5 Å². The minimum atomic E-state index is 0.788. The molecule has 0 saturated heterocycles. The van der Waals surface area contributed by atoms with Crippen molar-refractivity contribution in [3.63, 3.8) is 0 Å². The number of ether oxygens (including phenoxy) is 1. The van der Waals surface area contributed by atoms with E-state index in [1.54, 1.807) is 0 Å². The van der Waals surface area contributed by atoms with Gasteiger partial charge in [-0.25, -0.2) is 0 Å². The van der Waals surface area contributed by atoms with Gasteiger partial charge < -0.3 is 10.5 Å². The van der Waals surface area contributed by atoms with Gasteiger partial charge >= 0.3 is 0 Å². The molecule has 0 bridgehead atoms. The lowest BCUT2D eigenvalue weighted by Gasteiger charge is -2.07. The summed E-state index contributed by atoms with van der Waals surface area (Å²) in [7, 11) is 0. The highest BCUT2D eigenvalue weighted by molar-refractivity contribution is 7.99. The zero-order valence-corrected chi connectivity index (χ0v) is 10.3. The van der Waals surface area contributed by atoms with Gasteiger partial charge in [-0.3, -0.25) is 0 Å². The molecule has 0 aliphatic carbocycles. The van der Waals surface area contributed by atoms with E-state index in [1.807, 2.05) is 36.9 Å². The Morgan fingerprint density at radius 1 is 1.40 bits per heavy atom. The molecule has 2 N–H and O–H groups in total. The minimum Gasteiger partial charge on any atom is -0.494 e. The first-order valence-corrected chi connectivity index (χ1v) is 6.46. The third-order valence-electron chi connectivity index (χ3n) is 2.15. The van der Waals surface area contributed by atoms with Gasteiger partial charge in [0.1, 0.15) is 5.75 Å². The van der Waals surface area contributed by atoms with Gasteiger partial charge in [0, 0.05) is 5.69 Å². The normalized spacial score (nSPS) is 10.3. The molecular formula is C12H19NOS. The van der Waals surface area contributed by atoms with Gasteiger partial charge in [0.25, 0.3) is 0 Å². The summed E-state index contributed by atoms with van der Waals surface area (Å²) in [6.45, 7) is 4.96. The molecular weight excluding hydrogens is 206 g/mol. The fraction of sp³-hybridized carbons (Fsp3) is 0.500. The van der Waals surface area contributed by atoms with Crippen LogP contribution in [0.1, 0.15) is 18.9 Å². The van der Waals surface area contributed by atoms with Crippen molar-refractivity contribution in [1.29, 1.82) is 0 Å². The van der Waals surface area contributed by atoms with E-state index < -0.39 is 0 Å². The Bertz CT molecular complexity index is 302. The molecule has 0 radical (unpaired) electrons. The van der Waals surface area contributed by atoms with E-state index in [0.29, 0.717) is 0 Å². The van der Waals surface area contributed by atoms with Crippen LogP contribution in [-0.4, -0.2) is 18.1 Å². The first-order valence-electron chi connectivity index (χ1n) is 5.30. The third kappa shape index (κ3) is 4.47. The van der Waals surface area contributed by atoms with E-state index in [2.05, 4.69) is 6.92 Å². The Kier molecular flexibility index (Phi) is 5.40. The maximum absolute atomic E-state index is 5.72. The first kappa shape index (κ1) is 12.2. The molecule has 3 heteroatoms. The fourth-order valence-electron chi connectivity index (χ4n) is 1.23. The van der Waals surface area contributed by atoms with Gasteiger partial charge in [-0.05, 0) is 48.6 Å². The largest absolute Gasteiger partial charge is 0.494 e. The van der Waals surface area contributed by atoms with E-state index in [-0.39, 0.29) is 0 Å². The summed E-state index contributed by atoms with van der Waals surface area (Å²) in [5, 5.41) is 0. The Morgan fingerprint density at radius 3 is 2.87 bits per heavy atom. The molecule has 15 heavy (non-hydrogen) atoms. The average Bonchev–Trinajstić information content (AvgIpc) is 2.23. The van der Waals surface area contributed by atoms with Crippen molar-refractivity contribution in [1.82, 2.24) is 0 Å². The van der Waals surface area contributed by atoms with Crippen LogP contribution < -0.4 is 10.5 Å². The molecule has 1 rings (SSSR count). The van der Waals surface area contributed by atoms with Gasteiger partial charge in [0.05, 0.1) is 6.61 Å². The number of rotatable bonds is 6. The summed E-state index contributed by atoms with van der Waals surface area (Å²) in [4.78, 5) is 0. The third-order valence-corrected chi connectivity index (χ3v) is 3.13. The Hall–Kier alpha value is -0.830. The first-order chi connectivity index (χ1) is 7.24. The minimum absolute atomic E-state index is 0.788. The highest BCUT2D eigenvalue weighted by atomic mass is 32.2. The molecule has 0 spiro atoms. The maximum atomic E-state index is 5.72. The lowest BCUT2D eigenvalue weighted by atomic mass is 10.2. The molecule has 0 saturated carbocycles. The molecule has 84 valence electrons.